The van der Waals surface area contributed by atoms with Gasteiger partial charge in [0.05, 0.1) is 11.2 Å². The van der Waals surface area contributed by atoms with Crippen molar-refractivity contribution in [2.45, 2.75) is 24.4 Å². The van der Waals surface area contributed by atoms with E-state index in [0.717, 1.165) is 0 Å². The summed E-state index contributed by atoms with van der Waals surface area (Å²) in [5.74, 6) is 0.475. The number of aromatic nitrogens is 4. The Morgan fingerprint density at radius 1 is 1.20 bits per heavy atom. The van der Waals surface area contributed by atoms with Gasteiger partial charge < -0.3 is 0 Å². The lowest BCUT2D eigenvalue weighted by molar-refractivity contribution is 0.635. The Labute approximate surface area is 150 Å². The molecule has 0 saturated heterocycles. The van der Waals surface area contributed by atoms with E-state index in [1.807, 2.05) is 24.4 Å². The summed E-state index contributed by atoms with van der Waals surface area (Å²) >= 11 is 2.83. The van der Waals surface area contributed by atoms with Gasteiger partial charge in [-0.1, -0.05) is 17.8 Å². The van der Waals surface area contributed by atoms with Crippen LogP contribution in [0, 0.1) is 0 Å². The Morgan fingerprint density at radius 2 is 2.08 bits per heavy atom. The molecule has 6 nitrogen and oxygen atoms in total. The van der Waals surface area contributed by atoms with Crippen LogP contribution in [-0.4, -0.2) is 18.9 Å². The number of fused-ring (bicyclic) bond motifs is 2. The number of thioether (sulfide) groups is 1. The highest BCUT2D eigenvalue weighted by Gasteiger charge is 2.12. The molecule has 4 rings (SSSR count). The summed E-state index contributed by atoms with van der Waals surface area (Å²) in [5.41, 5.74) is 1.86. The van der Waals surface area contributed by atoms with E-state index in [-0.39, 0.29) is 11.1 Å². The molecule has 0 saturated carbocycles. The van der Waals surface area contributed by atoms with Gasteiger partial charge in [-0.05, 0) is 30.5 Å². The fourth-order valence-corrected chi connectivity index (χ4v) is 4.36. The first-order valence-corrected chi connectivity index (χ1v) is 9.62. The van der Waals surface area contributed by atoms with Gasteiger partial charge in [0.1, 0.15) is 10.3 Å². The normalized spacial score (nSPS) is 11.4. The van der Waals surface area contributed by atoms with Gasteiger partial charge in [0.2, 0.25) is 0 Å². The molecular formula is C17H14N4O2S2. The molecule has 0 radical (unpaired) electrons. The number of hydrogen-bond donors (Lipinski definition) is 0. The van der Waals surface area contributed by atoms with Crippen LogP contribution >= 0.6 is 23.1 Å². The summed E-state index contributed by atoms with van der Waals surface area (Å²) in [6.07, 6.45) is 1.70. The lowest BCUT2D eigenvalue weighted by Crippen LogP contribution is -2.21. The number of rotatable bonds is 4. The zero-order valence-electron chi connectivity index (χ0n) is 13.4. The van der Waals surface area contributed by atoms with Crippen LogP contribution in [0.5, 0.6) is 0 Å². The molecule has 0 aliphatic rings. The molecule has 0 fully saturated rings. The molecule has 4 aromatic rings. The van der Waals surface area contributed by atoms with Crippen LogP contribution in [0.2, 0.25) is 0 Å². The highest BCUT2D eigenvalue weighted by Crippen LogP contribution is 2.23. The molecule has 0 amide bonds. The second kappa shape index (κ2) is 6.45. The topological polar surface area (TPSA) is 69.3 Å². The Bertz CT molecular complexity index is 1190. The third-order valence-corrected chi connectivity index (χ3v) is 5.72. The van der Waals surface area contributed by atoms with Crippen LogP contribution in [0.3, 0.4) is 0 Å². The zero-order valence-corrected chi connectivity index (χ0v) is 15.0. The zero-order chi connectivity index (χ0) is 17.4. The van der Waals surface area contributed by atoms with E-state index in [1.165, 1.54) is 33.6 Å². The van der Waals surface area contributed by atoms with E-state index in [0.29, 0.717) is 39.0 Å². The van der Waals surface area contributed by atoms with Gasteiger partial charge in [-0.15, -0.1) is 11.3 Å². The smallest absolute Gasteiger partial charge is 0.272 e. The van der Waals surface area contributed by atoms with Crippen molar-refractivity contribution in [3.8, 4) is 0 Å². The van der Waals surface area contributed by atoms with Crippen LogP contribution in [0.1, 0.15) is 12.6 Å². The molecule has 0 atom stereocenters. The lowest BCUT2D eigenvalue weighted by Gasteiger charge is -2.09. The van der Waals surface area contributed by atoms with Crippen LogP contribution in [-0.2, 0) is 12.3 Å². The average Bonchev–Trinajstić information content (AvgIpc) is 3.09. The van der Waals surface area contributed by atoms with Crippen LogP contribution in [0.4, 0.5) is 0 Å². The monoisotopic (exact) mass is 370 g/mol. The molecule has 8 heteroatoms. The van der Waals surface area contributed by atoms with Gasteiger partial charge in [0.15, 0.2) is 5.16 Å². The lowest BCUT2D eigenvalue weighted by atomic mass is 10.4. The number of hydrogen-bond acceptors (Lipinski definition) is 6. The van der Waals surface area contributed by atoms with Crippen molar-refractivity contribution >= 4 is 39.0 Å². The second-order valence-electron chi connectivity index (χ2n) is 5.38. The maximum absolute atomic E-state index is 12.5. The van der Waals surface area contributed by atoms with Gasteiger partial charge in [-0.3, -0.25) is 18.6 Å². The maximum atomic E-state index is 12.5. The average molecular weight is 370 g/mol. The minimum Gasteiger partial charge on any atom is -0.287 e. The number of pyridine rings is 1. The minimum absolute atomic E-state index is 0.0171. The van der Waals surface area contributed by atoms with Crippen LogP contribution in [0.15, 0.2) is 56.7 Å². The van der Waals surface area contributed by atoms with E-state index < -0.39 is 0 Å². The molecule has 0 aromatic carbocycles. The first kappa shape index (κ1) is 16.0. The fraction of sp³-hybridized carbons (Fsp3) is 0.176. The molecule has 4 heterocycles. The minimum atomic E-state index is -0.115. The van der Waals surface area contributed by atoms with E-state index in [9.17, 15) is 9.59 Å². The van der Waals surface area contributed by atoms with E-state index >= 15 is 0 Å². The van der Waals surface area contributed by atoms with Crippen molar-refractivity contribution in [3.05, 3.63) is 68.3 Å². The molecule has 0 unspecified atom stereocenters. The largest absolute Gasteiger partial charge is 0.287 e. The Morgan fingerprint density at radius 3 is 2.92 bits per heavy atom. The molecule has 0 N–H and O–H groups in total. The van der Waals surface area contributed by atoms with Crippen molar-refractivity contribution in [1.29, 1.82) is 0 Å². The highest BCUT2D eigenvalue weighted by molar-refractivity contribution is 7.98. The summed E-state index contributed by atoms with van der Waals surface area (Å²) in [5, 5.41) is 2.52. The van der Waals surface area contributed by atoms with Crippen molar-refractivity contribution in [2.75, 3.05) is 0 Å². The van der Waals surface area contributed by atoms with Crippen LogP contribution in [0.25, 0.3) is 15.9 Å². The Balaban J connectivity index is 1.71. The fourth-order valence-electron chi connectivity index (χ4n) is 2.63. The maximum Gasteiger partial charge on any atom is 0.272 e. The predicted molar refractivity (Wildman–Crippen MR) is 101 cm³/mol. The standard InChI is InChI=1S/C17H14N4O2S2/c1-2-20-16(23)15-12(6-8-24-15)19-17(20)25-10-11-9-14(22)21-7-4-3-5-13(21)18-11/h3-9H,2,10H2,1H3. The van der Waals surface area contributed by atoms with Gasteiger partial charge in [-0.2, -0.15) is 0 Å². The van der Waals surface area contributed by atoms with Crippen molar-refractivity contribution in [2.24, 2.45) is 0 Å². The summed E-state index contributed by atoms with van der Waals surface area (Å²) in [6, 6.07) is 8.82. The number of nitrogens with zero attached hydrogens (tertiary/aromatic N) is 4. The van der Waals surface area contributed by atoms with E-state index in [4.69, 9.17) is 0 Å². The second-order valence-corrected chi connectivity index (χ2v) is 7.24. The third kappa shape index (κ3) is 2.87. The number of thiophene rings is 1. The quantitative estimate of drug-likeness (QED) is 0.408. The van der Waals surface area contributed by atoms with Gasteiger partial charge in [0, 0.05) is 24.6 Å². The summed E-state index contributed by atoms with van der Waals surface area (Å²) in [7, 11) is 0. The summed E-state index contributed by atoms with van der Waals surface area (Å²) in [4.78, 5) is 33.8. The van der Waals surface area contributed by atoms with Crippen molar-refractivity contribution in [1.82, 2.24) is 18.9 Å². The molecule has 0 aliphatic carbocycles. The van der Waals surface area contributed by atoms with Gasteiger partial charge >= 0.3 is 0 Å². The molecule has 126 valence electrons. The Kier molecular flexibility index (Phi) is 4.14. The van der Waals surface area contributed by atoms with E-state index in [2.05, 4.69) is 9.97 Å². The Hall–Kier alpha value is -2.45. The van der Waals surface area contributed by atoms with Crippen molar-refractivity contribution < 1.29 is 0 Å². The molecule has 0 bridgehead atoms. The van der Waals surface area contributed by atoms with Gasteiger partial charge in [-0.25, -0.2) is 9.97 Å². The molecule has 4 aromatic heterocycles. The third-order valence-electron chi connectivity index (χ3n) is 3.82. The molecular weight excluding hydrogens is 356 g/mol. The van der Waals surface area contributed by atoms with Crippen LogP contribution < -0.4 is 11.1 Å². The van der Waals surface area contributed by atoms with Gasteiger partial charge in [0.25, 0.3) is 11.1 Å². The molecule has 0 aliphatic heterocycles. The predicted octanol–water partition coefficient (Wildman–Crippen LogP) is 2.78. The first-order chi connectivity index (χ1) is 12.2. The highest BCUT2D eigenvalue weighted by atomic mass is 32.2. The summed E-state index contributed by atoms with van der Waals surface area (Å²) in [6.45, 7) is 2.48. The first-order valence-electron chi connectivity index (χ1n) is 7.75. The molecule has 25 heavy (non-hydrogen) atoms. The molecule has 0 spiro atoms. The van der Waals surface area contributed by atoms with E-state index in [1.54, 1.807) is 22.9 Å². The summed E-state index contributed by atoms with van der Waals surface area (Å²) < 4.78 is 3.84. The van der Waals surface area contributed by atoms with Crippen molar-refractivity contribution in [3.63, 3.8) is 0 Å². The SMILES string of the molecule is CCn1c(SCc2cc(=O)n3ccccc3n2)nc2ccsc2c1=O.